The van der Waals surface area contributed by atoms with E-state index in [2.05, 4.69) is 0 Å². The lowest BCUT2D eigenvalue weighted by Crippen LogP contribution is -2.29. The molecule has 9 heteroatoms. The van der Waals surface area contributed by atoms with Gasteiger partial charge in [0, 0.05) is 17.3 Å². The molecule has 3 aromatic rings. The number of carbonyl (C=O) groups excluding carboxylic acids is 2. The number of hydrogen-bond donors (Lipinski definition) is 1. The highest BCUT2D eigenvalue weighted by Gasteiger charge is 2.47. The van der Waals surface area contributed by atoms with E-state index in [0.717, 1.165) is 17.0 Å². The first-order valence-corrected chi connectivity index (χ1v) is 10.3. The SMILES string of the molecule is COc1c(Cl)cc(/C(O)=C2\C(=O)C(=O)N(c3ccc(F)c(F)c3)C2c2ccccc2)cc1Cl. The number of ketones is 1. The van der Waals surface area contributed by atoms with Crippen molar-refractivity contribution in [3.63, 3.8) is 0 Å². The van der Waals surface area contributed by atoms with E-state index in [9.17, 15) is 23.5 Å². The molecule has 1 N–H and O–H groups in total. The monoisotopic (exact) mass is 489 g/mol. The van der Waals surface area contributed by atoms with Gasteiger partial charge in [0.2, 0.25) is 0 Å². The molecule has 1 saturated heterocycles. The summed E-state index contributed by atoms with van der Waals surface area (Å²) in [5.41, 5.74) is 0.242. The molecule has 0 saturated carbocycles. The molecule has 1 aliphatic rings. The highest BCUT2D eigenvalue weighted by atomic mass is 35.5. The Morgan fingerprint density at radius 1 is 0.970 bits per heavy atom. The second kappa shape index (κ2) is 8.84. The summed E-state index contributed by atoms with van der Waals surface area (Å²) < 4.78 is 32.6. The van der Waals surface area contributed by atoms with Crippen LogP contribution in [0, 0.1) is 11.6 Å². The topological polar surface area (TPSA) is 66.8 Å². The van der Waals surface area contributed by atoms with Crippen molar-refractivity contribution < 1.29 is 28.2 Å². The average Bonchev–Trinajstić information content (AvgIpc) is 3.06. The zero-order valence-electron chi connectivity index (χ0n) is 17.0. The lowest BCUT2D eigenvalue weighted by Gasteiger charge is -2.25. The van der Waals surface area contributed by atoms with Crippen LogP contribution >= 0.6 is 23.2 Å². The Balaban J connectivity index is 1.96. The summed E-state index contributed by atoms with van der Waals surface area (Å²) in [6.45, 7) is 0. The maximum atomic E-state index is 14.0. The number of Topliss-reactive ketones (excluding diaryl/α,β-unsaturated/α-hetero) is 1. The van der Waals surface area contributed by atoms with Crippen LogP contribution in [-0.2, 0) is 9.59 Å². The van der Waals surface area contributed by atoms with E-state index >= 15 is 0 Å². The van der Waals surface area contributed by atoms with Gasteiger partial charge in [0.05, 0.1) is 28.8 Å². The Morgan fingerprint density at radius 2 is 1.61 bits per heavy atom. The number of amides is 1. The van der Waals surface area contributed by atoms with Gasteiger partial charge in [0.1, 0.15) is 5.76 Å². The molecule has 5 nitrogen and oxygen atoms in total. The number of aliphatic hydroxyl groups excluding tert-OH is 1. The number of nitrogens with zero attached hydrogens (tertiary/aromatic N) is 1. The summed E-state index contributed by atoms with van der Waals surface area (Å²) in [6, 6.07) is 12.8. The first kappa shape index (κ1) is 22.8. The van der Waals surface area contributed by atoms with Crippen LogP contribution in [0.1, 0.15) is 17.2 Å². The van der Waals surface area contributed by atoms with Gasteiger partial charge < -0.3 is 9.84 Å². The smallest absolute Gasteiger partial charge is 0.300 e. The van der Waals surface area contributed by atoms with E-state index < -0.39 is 35.1 Å². The Labute approximate surface area is 197 Å². The standard InChI is InChI=1S/C24H15Cl2F2NO4/c1-33-23-15(25)9-13(10-16(23)26)21(30)19-20(12-5-3-2-4-6-12)29(24(32)22(19)31)14-7-8-17(27)18(28)11-14/h2-11,20,30H,1H3/b21-19+. The quantitative estimate of drug-likeness (QED) is 0.281. The Morgan fingerprint density at radius 3 is 2.18 bits per heavy atom. The molecule has 1 amide bonds. The van der Waals surface area contributed by atoms with E-state index in [1.54, 1.807) is 30.3 Å². The normalized spacial score (nSPS) is 17.5. The third kappa shape index (κ3) is 3.94. The molecule has 1 atom stereocenters. The zero-order chi connectivity index (χ0) is 23.9. The van der Waals surface area contributed by atoms with Gasteiger partial charge in [0.15, 0.2) is 17.4 Å². The molecular weight excluding hydrogens is 475 g/mol. The summed E-state index contributed by atoms with van der Waals surface area (Å²) in [4.78, 5) is 27.1. The molecule has 0 aromatic heterocycles. The van der Waals surface area contributed by atoms with Crippen LogP contribution < -0.4 is 9.64 Å². The van der Waals surface area contributed by atoms with Crippen molar-refractivity contribution in [3.05, 3.63) is 99.0 Å². The van der Waals surface area contributed by atoms with Crippen molar-refractivity contribution in [1.82, 2.24) is 0 Å². The summed E-state index contributed by atoms with van der Waals surface area (Å²) >= 11 is 12.4. The van der Waals surface area contributed by atoms with Crippen molar-refractivity contribution in [3.8, 4) is 5.75 Å². The predicted octanol–water partition coefficient (Wildman–Crippen LogP) is 5.91. The van der Waals surface area contributed by atoms with E-state index in [1.807, 2.05) is 0 Å². The Bertz CT molecular complexity index is 1290. The van der Waals surface area contributed by atoms with E-state index in [1.165, 1.54) is 25.3 Å². The number of halogens is 4. The van der Waals surface area contributed by atoms with Gasteiger partial charge in [-0.3, -0.25) is 14.5 Å². The number of benzene rings is 3. The van der Waals surface area contributed by atoms with Crippen molar-refractivity contribution in [1.29, 1.82) is 0 Å². The van der Waals surface area contributed by atoms with Gasteiger partial charge in [-0.05, 0) is 29.8 Å². The number of methoxy groups -OCH3 is 1. The molecule has 1 aliphatic heterocycles. The van der Waals surface area contributed by atoms with Crippen molar-refractivity contribution in [2.24, 2.45) is 0 Å². The fourth-order valence-corrected chi connectivity index (χ4v) is 4.37. The van der Waals surface area contributed by atoms with Gasteiger partial charge in [0.25, 0.3) is 11.7 Å². The third-order valence-corrected chi connectivity index (χ3v) is 5.78. The van der Waals surface area contributed by atoms with Crippen LogP contribution in [0.3, 0.4) is 0 Å². The minimum atomic E-state index is -1.19. The second-order valence-corrected chi connectivity index (χ2v) is 7.97. The number of anilines is 1. The second-order valence-electron chi connectivity index (χ2n) is 7.15. The van der Waals surface area contributed by atoms with Gasteiger partial charge in [-0.25, -0.2) is 8.78 Å². The van der Waals surface area contributed by atoms with E-state index in [-0.39, 0.29) is 32.6 Å². The number of carbonyl (C=O) groups is 2. The average molecular weight is 490 g/mol. The van der Waals surface area contributed by atoms with Crippen molar-refractivity contribution in [2.45, 2.75) is 6.04 Å². The molecule has 4 rings (SSSR count). The molecule has 1 unspecified atom stereocenters. The highest BCUT2D eigenvalue weighted by molar-refractivity contribution is 6.51. The molecule has 0 radical (unpaired) electrons. The van der Waals surface area contributed by atoms with Crippen LogP contribution in [0.2, 0.25) is 10.0 Å². The van der Waals surface area contributed by atoms with Gasteiger partial charge in [-0.1, -0.05) is 53.5 Å². The number of hydrogen-bond acceptors (Lipinski definition) is 4. The van der Waals surface area contributed by atoms with Crippen LogP contribution in [0.25, 0.3) is 5.76 Å². The maximum Gasteiger partial charge on any atom is 0.300 e. The van der Waals surface area contributed by atoms with Gasteiger partial charge in [-0.2, -0.15) is 0 Å². The first-order chi connectivity index (χ1) is 15.7. The summed E-state index contributed by atoms with van der Waals surface area (Å²) in [7, 11) is 1.37. The molecule has 33 heavy (non-hydrogen) atoms. The molecule has 3 aromatic carbocycles. The van der Waals surface area contributed by atoms with Gasteiger partial charge >= 0.3 is 0 Å². The molecule has 0 spiro atoms. The molecule has 1 heterocycles. The number of ether oxygens (including phenoxy) is 1. The van der Waals surface area contributed by atoms with Crippen LogP contribution in [0.15, 0.2) is 66.2 Å². The molecule has 0 bridgehead atoms. The Kier molecular flexibility index (Phi) is 6.10. The molecule has 1 fully saturated rings. The Hall–Kier alpha value is -3.42. The minimum absolute atomic E-state index is 0.0466. The van der Waals surface area contributed by atoms with Crippen molar-refractivity contribution in [2.75, 3.05) is 12.0 Å². The molecular formula is C24H15Cl2F2NO4. The number of aliphatic hydroxyl groups is 1. The lowest BCUT2D eigenvalue weighted by atomic mass is 9.95. The molecule has 0 aliphatic carbocycles. The largest absolute Gasteiger partial charge is 0.507 e. The summed E-state index contributed by atoms with van der Waals surface area (Å²) in [5, 5.41) is 11.3. The van der Waals surface area contributed by atoms with Crippen LogP contribution in [0.5, 0.6) is 5.75 Å². The predicted molar refractivity (Wildman–Crippen MR) is 121 cm³/mol. The van der Waals surface area contributed by atoms with Gasteiger partial charge in [-0.15, -0.1) is 0 Å². The highest BCUT2D eigenvalue weighted by Crippen LogP contribution is 2.43. The third-order valence-electron chi connectivity index (χ3n) is 5.22. The fourth-order valence-electron chi connectivity index (χ4n) is 3.73. The van der Waals surface area contributed by atoms with Crippen molar-refractivity contribution >= 4 is 46.3 Å². The van der Waals surface area contributed by atoms with Crippen LogP contribution in [0.4, 0.5) is 14.5 Å². The maximum absolute atomic E-state index is 14.0. The van der Waals surface area contributed by atoms with Crippen LogP contribution in [-0.4, -0.2) is 23.9 Å². The first-order valence-electron chi connectivity index (χ1n) is 9.59. The summed E-state index contributed by atoms with van der Waals surface area (Å²) in [5.74, 6) is -4.66. The minimum Gasteiger partial charge on any atom is -0.507 e. The fraction of sp³-hybridized carbons (Fsp3) is 0.0833. The number of rotatable bonds is 4. The zero-order valence-corrected chi connectivity index (χ0v) is 18.5. The lowest BCUT2D eigenvalue weighted by molar-refractivity contribution is -0.132. The molecule has 168 valence electrons. The van der Waals surface area contributed by atoms with E-state index in [0.29, 0.717) is 5.56 Å². The summed E-state index contributed by atoms with van der Waals surface area (Å²) in [6.07, 6.45) is 0. The van der Waals surface area contributed by atoms with E-state index in [4.69, 9.17) is 27.9 Å².